The summed E-state index contributed by atoms with van der Waals surface area (Å²) >= 11 is 0. The van der Waals surface area contributed by atoms with Crippen molar-refractivity contribution < 1.29 is 9.59 Å². The largest absolute Gasteiger partial charge is 0.300 e. The third-order valence-corrected chi connectivity index (χ3v) is 8.12. The van der Waals surface area contributed by atoms with Crippen molar-refractivity contribution in [1.82, 2.24) is 0 Å². The quantitative estimate of drug-likeness (QED) is 0.710. The van der Waals surface area contributed by atoms with E-state index in [1.807, 2.05) is 6.08 Å². The molecule has 23 heavy (non-hydrogen) atoms. The van der Waals surface area contributed by atoms with Crippen LogP contribution in [0.5, 0.6) is 0 Å². The van der Waals surface area contributed by atoms with Crippen LogP contribution in [0.4, 0.5) is 0 Å². The van der Waals surface area contributed by atoms with E-state index in [9.17, 15) is 9.59 Å². The molecule has 4 aliphatic carbocycles. The second kappa shape index (κ2) is 5.29. The minimum atomic E-state index is 0.252. The number of ketones is 2. The summed E-state index contributed by atoms with van der Waals surface area (Å²) in [5.41, 5.74) is 1.71. The van der Waals surface area contributed by atoms with Gasteiger partial charge in [0.25, 0.3) is 0 Å². The molecule has 0 heterocycles. The van der Waals surface area contributed by atoms with Gasteiger partial charge in [0.05, 0.1) is 0 Å². The van der Waals surface area contributed by atoms with E-state index in [4.69, 9.17) is 0 Å². The fourth-order valence-electron chi connectivity index (χ4n) is 7.29. The number of hydrogen-bond acceptors (Lipinski definition) is 2. The van der Waals surface area contributed by atoms with Gasteiger partial charge in [-0.05, 0) is 86.5 Å². The lowest BCUT2D eigenvalue weighted by molar-refractivity contribution is -0.127. The maximum absolute atomic E-state index is 12.1. The van der Waals surface area contributed by atoms with Gasteiger partial charge in [-0.25, -0.2) is 0 Å². The first-order valence-electron chi connectivity index (χ1n) is 9.65. The summed E-state index contributed by atoms with van der Waals surface area (Å²) in [7, 11) is 0. The van der Waals surface area contributed by atoms with Crippen LogP contribution in [0.2, 0.25) is 0 Å². The van der Waals surface area contributed by atoms with Crippen molar-refractivity contribution in [3.05, 3.63) is 11.6 Å². The van der Waals surface area contributed by atoms with Gasteiger partial charge in [-0.2, -0.15) is 0 Å². The van der Waals surface area contributed by atoms with Crippen LogP contribution >= 0.6 is 0 Å². The molecule has 0 N–H and O–H groups in total. The second-order valence-corrected chi connectivity index (χ2v) is 9.15. The van der Waals surface area contributed by atoms with E-state index in [-0.39, 0.29) is 5.41 Å². The molecule has 3 fully saturated rings. The average molecular weight is 314 g/mol. The molecule has 2 unspecified atom stereocenters. The highest BCUT2D eigenvalue weighted by molar-refractivity contribution is 5.91. The third kappa shape index (κ3) is 2.20. The van der Waals surface area contributed by atoms with Crippen molar-refractivity contribution in [2.24, 2.45) is 40.9 Å². The number of carbonyl (C=O) groups is 2. The van der Waals surface area contributed by atoms with Crippen LogP contribution in [0.1, 0.15) is 65.7 Å². The van der Waals surface area contributed by atoms with E-state index in [0.29, 0.717) is 29.3 Å². The molecular formula is C21H30O2. The van der Waals surface area contributed by atoms with Crippen LogP contribution in [0.3, 0.4) is 0 Å². The molecule has 0 spiro atoms. The molecule has 0 aromatic heterocycles. The summed E-state index contributed by atoms with van der Waals surface area (Å²) in [6.45, 7) is 6.51. The zero-order chi connectivity index (χ0) is 16.4. The molecule has 0 amide bonds. The van der Waals surface area contributed by atoms with Crippen LogP contribution in [-0.2, 0) is 9.59 Å². The molecule has 0 aliphatic heterocycles. The van der Waals surface area contributed by atoms with Crippen molar-refractivity contribution in [2.45, 2.75) is 65.7 Å². The number of allylic oxidation sites excluding steroid dienone is 1. The molecule has 0 aromatic carbocycles. The fourth-order valence-corrected chi connectivity index (χ4v) is 7.29. The van der Waals surface area contributed by atoms with Crippen molar-refractivity contribution in [3.63, 3.8) is 0 Å². The highest BCUT2D eigenvalue weighted by atomic mass is 16.1. The predicted molar refractivity (Wildman–Crippen MR) is 90.8 cm³/mol. The van der Waals surface area contributed by atoms with Crippen LogP contribution in [0.25, 0.3) is 0 Å². The number of rotatable bonds is 1. The summed E-state index contributed by atoms with van der Waals surface area (Å²) in [6, 6.07) is 0. The Morgan fingerprint density at radius 1 is 1.17 bits per heavy atom. The number of Topliss-reactive ketones (excluding diaryl/α,β-unsaturated/α-hetero) is 1. The van der Waals surface area contributed by atoms with Gasteiger partial charge in [-0.1, -0.05) is 19.4 Å². The van der Waals surface area contributed by atoms with E-state index < -0.39 is 0 Å². The highest BCUT2D eigenvalue weighted by Gasteiger charge is 2.57. The topological polar surface area (TPSA) is 34.1 Å². The third-order valence-electron chi connectivity index (χ3n) is 8.12. The standard InChI is InChI=1S/C21H30O2/c1-12-10-15(23)11-14-4-5-16-17(20(12)14)8-9-21(3)18(13(2)22)6-7-19(16)21/h11-12,16-20H,4-10H2,1-3H3/t12?,16-,17+,18?,19+,20+,21-/m1/s1. The molecule has 0 saturated heterocycles. The van der Waals surface area contributed by atoms with Gasteiger partial charge in [0.2, 0.25) is 0 Å². The summed E-state index contributed by atoms with van der Waals surface area (Å²) in [5, 5.41) is 0. The molecule has 126 valence electrons. The highest BCUT2D eigenvalue weighted by Crippen LogP contribution is 2.64. The van der Waals surface area contributed by atoms with Crippen LogP contribution in [0.15, 0.2) is 11.6 Å². The van der Waals surface area contributed by atoms with E-state index in [2.05, 4.69) is 13.8 Å². The maximum Gasteiger partial charge on any atom is 0.155 e. The minimum Gasteiger partial charge on any atom is -0.300 e. The molecule has 7 atom stereocenters. The monoisotopic (exact) mass is 314 g/mol. The fraction of sp³-hybridized carbons (Fsp3) is 0.810. The van der Waals surface area contributed by atoms with Gasteiger partial charge >= 0.3 is 0 Å². The SMILES string of the molecule is CC(=O)C1CC[C@H]2[C@@H]3CCC4=CC(=O)CC(C)[C@@H]4[C@H]3CC[C@]12C. The molecular weight excluding hydrogens is 284 g/mol. The zero-order valence-electron chi connectivity index (χ0n) is 14.8. The summed E-state index contributed by atoms with van der Waals surface area (Å²) in [6.07, 6.45) is 9.95. The van der Waals surface area contributed by atoms with Gasteiger partial charge in [-0.3, -0.25) is 9.59 Å². The first kappa shape index (κ1) is 15.6. The molecule has 2 nitrogen and oxygen atoms in total. The molecule has 4 rings (SSSR count). The lowest BCUT2D eigenvalue weighted by Crippen LogP contribution is -2.48. The van der Waals surface area contributed by atoms with Crippen LogP contribution < -0.4 is 0 Å². The van der Waals surface area contributed by atoms with Crippen molar-refractivity contribution >= 4 is 11.6 Å². The number of carbonyl (C=O) groups excluding carboxylic acids is 2. The van der Waals surface area contributed by atoms with E-state index >= 15 is 0 Å². The molecule has 3 saturated carbocycles. The lowest BCUT2D eigenvalue weighted by Gasteiger charge is -2.55. The van der Waals surface area contributed by atoms with Gasteiger partial charge in [0, 0.05) is 12.3 Å². The molecule has 2 heteroatoms. The first-order valence-corrected chi connectivity index (χ1v) is 9.65. The zero-order valence-corrected chi connectivity index (χ0v) is 14.8. The Hall–Kier alpha value is -0.920. The number of fused-ring (bicyclic) bond motifs is 5. The second-order valence-electron chi connectivity index (χ2n) is 9.15. The predicted octanol–water partition coefficient (Wildman–Crippen LogP) is 4.58. The first-order chi connectivity index (χ1) is 10.9. The van der Waals surface area contributed by atoms with Crippen molar-refractivity contribution in [3.8, 4) is 0 Å². The number of hydrogen-bond donors (Lipinski definition) is 0. The van der Waals surface area contributed by atoms with E-state index in [1.54, 1.807) is 6.92 Å². The van der Waals surface area contributed by atoms with Gasteiger partial charge in [-0.15, -0.1) is 0 Å². The van der Waals surface area contributed by atoms with Crippen molar-refractivity contribution in [1.29, 1.82) is 0 Å². The summed E-state index contributed by atoms with van der Waals surface area (Å²) < 4.78 is 0. The maximum atomic E-state index is 12.1. The normalized spacial score (nSPS) is 49.0. The Balaban J connectivity index is 1.64. The van der Waals surface area contributed by atoms with Crippen LogP contribution in [0, 0.1) is 40.9 Å². The summed E-state index contributed by atoms with van der Waals surface area (Å²) in [4.78, 5) is 24.1. The smallest absolute Gasteiger partial charge is 0.155 e. The Kier molecular flexibility index (Phi) is 3.59. The van der Waals surface area contributed by atoms with Crippen molar-refractivity contribution in [2.75, 3.05) is 0 Å². The van der Waals surface area contributed by atoms with E-state index in [0.717, 1.165) is 37.0 Å². The van der Waals surface area contributed by atoms with Gasteiger partial charge in [0.15, 0.2) is 5.78 Å². The van der Waals surface area contributed by atoms with Gasteiger partial charge in [0.1, 0.15) is 5.78 Å². The Morgan fingerprint density at radius 3 is 2.70 bits per heavy atom. The molecule has 0 bridgehead atoms. The average Bonchev–Trinajstić information content (AvgIpc) is 2.83. The Morgan fingerprint density at radius 2 is 1.96 bits per heavy atom. The molecule has 0 aromatic rings. The minimum absolute atomic E-state index is 0.252. The molecule has 0 radical (unpaired) electrons. The van der Waals surface area contributed by atoms with Crippen LogP contribution in [-0.4, -0.2) is 11.6 Å². The van der Waals surface area contributed by atoms with Gasteiger partial charge < -0.3 is 0 Å². The summed E-state index contributed by atoms with van der Waals surface area (Å²) in [5.74, 6) is 4.52. The lowest BCUT2D eigenvalue weighted by atomic mass is 9.50. The Labute approximate surface area is 140 Å². The molecule has 4 aliphatic rings. The Bertz CT molecular complexity index is 574. The van der Waals surface area contributed by atoms with E-state index in [1.165, 1.54) is 31.3 Å².